The first kappa shape index (κ1) is 46.6. The second-order valence-electron chi connectivity index (χ2n) is 16.8. The molecular weight excluding hydrogens is 910 g/mol. The lowest BCUT2D eigenvalue weighted by atomic mass is 9.97. The predicted molar refractivity (Wildman–Crippen MR) is 234 cm³/mol. The number of fused-ring (bicyclic) bond motifs is 2. The largest absolute Gasteiger partial charge is 0.381 e. The monoisotopic (exact) mass is 958 g/mol. The number of aromatic amines is 2. The maximum absolute atomic E-state index is 13.2. The molecule has 3 N–H and O–H groups in total. The molecule has 4 aliphatic rings. The molecule has 65 heavy (non-hydrogen) atoms. The third-order valence-corrected chi connectivity index (χ3v) is 15.6. The SMILES string of the molecule is CC1CN(S(=O)(=O)c2ccc(F)cc2)CC1c1nn2c(C3CCOCC3)ncc2c(=O)[nH]1.CC1CNCC1c1nn2c(C3CCOCC3)ncc2c(=O)[nH]1.O=S(=O)(Cl)c1ccc(F)cc1. The summed E-state index contributed by atoms with van der Waals surface area (Å²) in [7, 11) is -2.54. The van der Waals surface area contributed by atoms with Crippen LogP contribution in [0.2, 0.25) is 0 Å². The van der Waals surface area contributed by atoms with Crippen molar-refractivity contribution in [3.63, 3.8) is 0 Å². The molecule has 6 aromatic rings. The molecule has 4 fully saturated rings. The number of ether oxygens (including phenoxy) is 2. The molecule has 4 aliphatic heterocycles. The Balaban J connectivity index is 0.000000150. The number of imidazole rings is 2. The Morgan fingerprint density at radius 3 is 1.55 bits per heavy atom. The number of H-pyrrole nitrogens is 2. The summed E-state index contributed by atoms with van der Waals surface area (Å²) in [5.74, 6) is 2.69. The van der Waals surface area contributed by atoms with Gasteiger partial charge in [-0.15, -0.1) is 0 Å². The van der Waals surface area contributed by atoms with Gasteiger partial charge in [-0.05, 0) is 92.6 Å². The molecule has 2 aromatic carbocycles. The van der Waals surface area contributed by atoms with Gasteiger partial charge in [0.25, 0.3) is 20.2 Å². The molecule has 18 nitrogen and oxygen atoms in total. The van der Waals surface area contributed by atoms with Gasteiger partial charge < -0.3 is 24.8 Å². The van der Waals surface area contributed by atoms with Crippen molar-refractivity contribution in [2.45, 2.75) is 73.0 Å². The predicted octanol–water partition coefficient (Wildman–Crippen LogP) is 4.26. The van der Waals surface area contributed by atoms with Gasteiger partial charge in [-0.25, -0.2) is 44.6 Å². The molecule has 8 heterocycles. The van der Waals surface area contributed by atoms with E-state index in [0.717, 1.165) is 106 Å². The fourth-order valence-electron chi connectivity index (χ4n) is 8.67. The lowest BCUT2D eigenvalue weighted by Crippen LogP contribution is -2.29. The van der Waals surface area contributed by atoms with Gasteiger partial charge in [0.2, 0.25) is 10.0 Å². The Bertz CT molecular complexity index is 2970. The second kappa shape index (κ2) is 19.5. The minimum atomic E-state index is -3.78. The second-order valence-corrected chi connectivity index (χ2v) is 21.3. The molecular formula is C42H49ClF2N10O8S2. The van der Waals surface area contributed by atoms with Crippen LogP contribution in [0.3, 0.4) is 0 Å². The maximum atomic E-state index is 13.2. The van der Waals surface area contributed by atoms with Gasteiger partial charge in [0.05, 0.1) is 22.2 Å². The highest BCUT2D eigenvalue weighted by atomic mass is 35.7. The normalized spacial score (nSPS) is 22.4. The quantitative estimate of drug-likeness (QED) is 0.190. The van der Waals surface area contributed by atoms with E-state index in [0.29, 0.717) is 41.9 Å². The molecule has 4 unspecified atom stereocenters. The maximum Gasteiger partial charge on any atom is 0.276 e. The number of halogens is 3. The van der Waals surface area contributed by atoms with Gasteiger partial charge in [-0.2, -0.15) is 14.5 Å². The summed E-state index contributed by atoms with van der Waals surface area (Å²) in [5, 5.41) is 12.8. The average Bonchev–Trinajstić information content (AvgIpc) is 4.11. The zero-order valence-electron chi connectivity index (χ0n) is 35.6. The number of rotatable bonds is 7. The van der Waals surface area contributed by atoms with Crippen molar-refractivity contribution < 1.29 is 35.1 Å². The van der Waals surface area contributed by atoms with Crippen LogP contribution >= 0.6 is 10.7 Å². The van der Waals surface area contributed by atoms with E-state index in [4.69, 9.17) is 30.4 Å². The molecule has 0 bridgehead atoms. The lowest BCUT2D eigenvalue weighted by Gasteiger charge is -2.21. The van der Waals surface area contributed by atoms with E-state index in [1.165, 1.54) is 22.6 Å². The van der Waals surface area contributed by atoms with Crippen LogP contribution in [0.1, 0.15) is 86.5 Å². The Kier molecular flexibility index (Phi) is 13.9. The molecule has 0 radical (unpaired) electrons. The molecule has 0 saturated carbocycles. The average molecular weight is 959 g/mol. The first-order chi connectivity index (χ1) is 31.1. The number of benzene rings is 2. The molecule has 4 aromatic heterocycles. The molecule has 0 aliphatic carbocycles. The van der Waals surface area contributed by atoms with Crippen LogP contribution < -0.4 is 16.4 Å². The van der Waals surface area contributed by atoms with Crippen LogP contribution in [0.4, 0.5) is 8.78 Å². The third kappa shape index (κ3) is 10.2. The Morgan fingerprint density at radius 2 is 1.11 bits per heavy atom. The molecule has 4 saturated heterocycles. The minimum absolute atomic E-state index is 0.0417. The standard InChI is InChI=1S/C21H24FN5O4S.C15H21N5O2.C6H4ClFO2S/c1-13-11-26(32(29,30)16-4-2-15(22)3-5-16)12-17(13)19-24-21(28)18-10-23-20(27(18)25-19)14-6-8-31-9-7-14;1-9-6-16-7-11(9)13-18-15(21)12-8-17-14(20(12)19-13)10-2-4-22-5-3-10;7-11(9,10)6-3-1-5(8)2-4-6/h2-5,10,13-14,17H,6-9,11-12H2,1H3,(H,24,25,28);8-11,16H,2-7H2,1H3,(H,18,19,21);1-4H. The number of sulfonamides is 1. The van der Waals surface area contributed by atoms with Gasteiger partial charge in [-0.1, -0.05) is 13.8 Å². The summed E-state index contributed by atoms with van der Waals surface area (Å²) in [6.45, 7) is 9.18. The van der Waals surface area contributed by atoms with E-state index in [1.807, 2.05) is 6.92 Å². The molecule has 0 spiro atoms. The van der Waals surface area contributed by atoms with Crippen LogP contribution in [0.25, 0.3) is 11.0 Å². The van der Waals surface area contributed by atoms with Crippen molar-refractivity contribution in [2.75, 3.05) is 52.6 Å². The van der Waals surface area contributed by atoms with Crippen LogP contribution in [0, 0.1) is 23.5 Å². The van der Waals surface area contributed by atoms with Crippen LogP contribution in [0.5, 0.6) is 0 Å². The first-order valence-electron chi connectivity index (χ1n) is 21.4. The number of aromatic nitrogens is 8. The Morgan fingerprint density at radius 1 is 0.646 bits per heavy atom. The zero-order chi connectivity index (χ0) is 46.0. The van der Waals surface area contributed by atoms with Crippen molar-refractivity contribution in [3.05, 3.63) is 117 Å². The van der Waals surface area contributed by atoms with Crippen molar-refractivity contribution in [2.24, 2.45) is 11.8 Å². The highest BCUT2D eigenvalue weighted by Crippen LogP contribution is 2.34. The van der Waals surface area contributed by atoms with E-state index in [9.17, 15) is 35.2 Å². The van der Waals surface area contributed by atoms with Crippen LogP contribution in [-0.2, 0) is 28.5 Å². The van der Waals surface area contributed by atoms with E-state index in [-0.39, 0.29) is 57.7 Å². The number of nitrogens with zero attached hydrogens (tertiary/aromatic N) is 7. The van der Waals surface area contributed by atoms with Gasteiger partial charge in [0.15, 0.2) is 11.0 Å². The Labute approximate surface area is 377 Å². The molecule has 0 amide bonds. The van der Waals surface area contributed by atoms with E-state index < -0.39 is 30.7 Å². The number of hydrogen-bond acceptors (Lipinski definition) is 13. The number of nitrogens with one attached hydrogen (secondary N) is 3. The van der Waals surface area contributed by atoms with Crippen molar-refractivity contribution in [3.8, 4) is 0 Å². The van der Waals surface area contributed by atoms with E-state index in [1.54, 1.807) is 15.2 Å². The van der Waals surface area contributed by atoms with Crippen molar-refractivity contribution >= 4 is 40.8 Å². The Hall–Kier alpha value is -4.97. The van der Waals surface area contributed by atoms with Gasteiger partial charge in [0, 0.05) is 80.4 Å². The summed E-state index contributed by atoms with van der Waals surface area (Å²) in [4.78, 5) is 39.8. The zero-order valence-corrected chi connectivity index (χ0v) is 38.0. The summed E-state index contributed by atoms with van der Waals surface area (Å²) < 4.78 is 88.3. The summed E-state index contributed by atoms with van der Waals surface area (Å²) in [6, 6.07) is 9.09. The summed E-state index contributed by atoms with van der Waals surface area (Å²) in [5.41, 5.74) is 0.503. The van der Waals surface area contributed by atoms with Gasteiger partial charge in [-0.3, -0.25) is 9.59 Å². The highest BCUT2D eigenvalue weighted by molar-refractivity contribution is 8.13. The smallest absolute Gasteiger partial charge is 0.276 e. The van der Waals surface area contributed by atoms with E-state index in [2.05, 4.69) is 32.2 Å². The van der Waals surface area contributed by atoms with Gasteiger partial charge in [0.1, 0.15) is 34.9 Å². The lowest BCUT2D eigenvalue weighted by molar-refractivity contribution is 0.0831. The molecule has 348 valence electrons. The van der Waals surface area contributed by atoms with Crippen molar-refractivity contribution in [1.29, 1.82) is 0 Å². The van der Waals surface area contributed by atoms with Crippen LogP contribution in [0.15, 0.2) is 80.3 Å². The third-order valence-electron chi connectivity index (χ3n) is 12.4. The number of hydrogen-bond donors (Lipinski definition) is 3. The first-order valence-corrected chi connectivity index (χ1v) is 25.1. The molecule has 23 heteroatoms. The summed E-state index contributed by atoms with van der Waals surface area (Å²) in [6.07, 6.45) is 6.66. The molecule has 10 rings (SSSR count). The fraction of sp³-hybridized carbons (Fsp3) is 0.476. The van der Waals surface area contributed by atoms with Crippen LogP contribution in [-0.4, -0.2) is 113 Å². The topological polar surface area (TPSA) is 228 Å². The van der Waals surface area contributed by atoms with Crippen molar-refractivity contribution in [1.82, 2.24) is 48.8 Å². The van der Waals surface area contributed by atoms with E-state index >= 15 is 0 Å². The fourth-order valence-corrected chi connectivity index (χ4v) is 11.0. The highest BCUT2D eigenvalue weighted by Gasteiger charge is 2.40. The minimum Gasteiger partial charge on any atom is -0.381 e. The van der Waals surface area contributed by atoms with Gasteiger partial charge >= 0.3 is 0 Å². The summed E-state index contributed by atoms with van der Waals surface area (Å²) >= 11 is 0. The molecule has 4 atom stereocenters.